The van der Waals surface area contributed by atoms with Crippen LogP contribution in [0.4, 0.5) is 10.1 Å². The van der Waals surface area contributed by atoms with Crippen LogP contribution in [0.2, 0.25) is 5.02 Å². The van der Waals surface area contributed by atoms with Crippen molar-refractivity contribution in [2.75, 3.05) is 0 Å². The highest BCUT2D eigenvalue weighted by molar-refractivity contribution is 7.21. The lowest BCUT2D eigenvalue weighted by Crippen LogP contribution is -1.79. The molecule has 0 saturated heterocycles. The zero-order valence-electron chi connectivity index (χ0n) is 16.5. The summed E-state index contributed by atoms with van der Waals surface area (Å²) in [4.78, 5) is 9.22. The van der Waals surface area contributed by atoms with Gasteiger partial charge in [-0.3, -0.25) is 4.99 Å². The number of hydrogen-bond acceptors (Lipinski definition) is 4. The topological polar surface area (TPSA) is 38.4 Å². The van der Waals surface area contributed by atoms with E-state index in [2.05, 4.69) is 30.1 Å². The van der Waals surface area contributed by atoms with Gasteiger partial charge in [0.1, 0.15) is 22.3 Å². The van der Waals surface area contributed by atoms with Crippen molar-refractivity contribution < 1.29 is 8.81 Å². The van der Waals surface area contributed by atoms with E-state index < -0.39 is 5.82 Å². The second-order valence-corrected chi connectivity index (χ2v) is 8.56. The molecule has 6 heteroatoms. The fourth-order valence-corrected chi connectivity index (χ4v) is 4.35. The number of hydrogen-bond donors (Lipinski definition) is 0. The largest absolute Gasteiger partial charge is 0.455 e. The minimum atomic E-state index is -0.455. The molecule has 3 nitrogen and oxygen atoms in total. The van der Waals surface area contributed by atoms with Gasteiger partial charge < -0.3 is 4.42 Å². The van der Waals surface area contributed by atoms with Crippen molar-refractivity contribution in [3.05, 3.63) is 95.0 Å². The third-order valence-electron chi connectivity index (χ3n) is 4.83. The maximum Gasteiger partial charge on any atom is 0.145 e. The summed E-state index contributed by atoms with van der Waals surface area (Å²) in [5.41, 5.74) is 4.81. The molecule has 0 bridgehead atoms. The lowest BCUT2D eigenvalue weighted by molar-refractivity contribution is 0.574. The zero-order chi connectivity index (χ0) is 21.4. The Hall–Kier alpha value is -3.28. The first kappa shape index (κ1) is 19.7. The van der Waals surface area contributed by atoms with Gasteiger partial charge in [-0.1, -0.05) is 17.7 Å². The van der Waals surface area contributed by atoms with E-state index in [9.17, 15) is 4.39 Å². The summed E-state index contributed by atoms with van der Waals surface area (Å²) in [6.45, 7) is 2.07. The van der Waals surface area contributed by atoms with Crippen molar-refractivity contribution in [2.45, 2.75) is 6.92 Å². The molecule has 5 rings (SSSR count). The van der Waals surface area contributed by atoms with Gasteiger partial charge in [0.2, 0.25) is 0 Å². The van der Waals surface area contributed by atoms with Crippen molar-refractivity contribution in [3.63, 3.8) is 0 Å². The lowest BCUT2D eigenvalue weighted by atomic mass is 10.2. The normalized spacial score (nSPS) is 11.6. The molecule has 0 aliphatic rings. The Bertz CT molecular complexity index is 1420. The van der Waals surface area contributed by atoms with E-state index in [1.54, 1.807) is 29.7 Å². The Labute approximate surface area is 187 Å². The van der Waals surface area contributed by atoms with Crippen LogP contribution in [0.25, 0.3) is 32.1 Å². The molecule has 5 aromatic rings. The average molecular weight is 447 g/mol. The van der Waals surface area contributed by atoms with Crippen LogP contribution in [-0.4, -0.2) is 11.2 Å². The number of nitrogens with zero attached hydrogens (tertiary/aromatic N) is 2. The van der Waals surface area contributed by atoms with E-state index >= 15 is 0 Å². The Morgan fingerprint density at radius 2 is 1.77 bits per heavy atom. The predicted octanol–water partition coefficient (Wildman–Crippen LogP) is 8.07. The van der Waals surface area contributed by atoms with Crippen LogP contribution in [0.1, 0.15) is 11.3 Å². The molecule has 0 N–H and O–H groups in total. The summed E-state index contributed by atoms with van der Waals surface area (Å²) >= 11 is 7.53. The first-order chi connectivity index (χ1) is 15.0. The molecule has 0 fully saturated rings. The summed E-state index contributed by atoms with van der Waals surface area (Å²) in [5, 5.41) is 1.05. The highest BCUT2D eigenvalue weighted by Crippen LogP contribution is 2.32. The molecule has 0 radical (unpaired) electrons. The third kappa shape index (κ3) is 4.15. The molecule has 0 atom stereocenters. The number of rotatable bonds is 4. The van der Waals surface area contributed by atoms with Crippen molar-refractivity contribution in [3.8, 4) is 21.9 Å². The monoisotopic (exact) mass is 446 g/mol. The van der Waals surface area contributed by atoms with Gasteiger partial charge in [-0.25, -0.2) is 9.37 Å². The minimum Gasteiger partial charge on any atom is -0.455 e. The van der Waals surface area contributed by atoms with Crippen LogP contribution in [0, 0.1) is 12.7 Å². The minimum absolute atomic E-state index is 0.0625. The van der Waals surface area contributed by atoms with Gasteiger partial charge in [0.05, 0.1) is 27.1 Å². The fraction of sp³-hybridized carbons (Fsp3) is 0.0400. The van der Waals surface area contributed by atoms with E-state index in [1.807, 2.05) is 36.4 Å². The second kappa shape index (κ2) is 8.10. The molecule has 0 saturated carbocycles. The number of furan rings is 1. The molecule has 3 aromatic carbocycles. The molecule has 0 amide bonds. The Morgan fingerprint density at radius 3 is 2.58 bits per heavy atom. The maximum absolute atomic E-state index is 13.3. The average Bonchev–Trinajstić information content (AvgIpc) is 3.41. The second-order valence-electron chi connectivity index (χ2n) is 7.13. The number of aryl methyl sites for hydroxylation is 1. The molecule has 0 spiro atoms. The van der Waals surface area contributed by atoms with E-state index in [-0.39, 0.29) is 5.02 Å². The van der Waals surface area contributed by atoms with Crippen LogP contribution in [0.15, 0.2) is 82.2 Å². The smallest absolute Gasteiger partial charge is 0.145 e. The third-order valence-corrected chi connectivity index (χ3v) is 6.20. The molecule has 0 aliphatic heterocycles. The van der Waals surface area contributed by atoms with Crippen LogP contribution >= 0.6 is 22.9 Å². The Kier molecular flexibility index (Phi) is 5.14. The quantitative estimate of drug-likeness (QED) is 0.262. The Morgan fingerprint density at radius 1 is 0.968 bits per heavy atom. The number of benzene rings is 3. The highest BCUT2D eigenvalue weighted by atomic mass is 35.5. The molecule has 2 aromatic heterocycles. The SMILES string of the molecule is Cc1ccc2sc(-c3ccc(N=Cc4ccc(-c5ccc(F)c(Cl)c5)o4)cc3)nc2c1. The van der Waals surface area contributed by atoms with Crippen molar-refractivity contribution in [2.24, 2.45) is 4.99 Å². The van der Waals surface area contributed by atoms with E-state index in [4.69, 9.17) is 21.0 Å². The Balaban J connectivity index is 1.33. The van der Waals surface area contributed by atoms with Crippen molar-refractivity contribution in [1.29, 1.82) is 0 Å². The fourth-order valence-electron chi connectivity index (χ4n) is 3.22. The summed E-state index contributed by atoms with van der Waals surface area (Å²) in [6.07, 6.45) is 1.66. The van der Waals surface area contributed by atoms with Crippen LogP contribution in [-0.2, 0) is 0 Å². The van der Waals surface area contributed by atoms with Gasteiger partial charge in [0.25, 0.3) is 0 Å². The van der Waals surface area contributed by atoms with Crippen LogP contribution in [0.3, 0.4) is 0 Å². The van der Waals surface area contributed by atoms with Gasteiger partial charge in [0, 0.05) is 11.1 Å². The number of fused-ring (bicyclic) bond motifs is 1. The summed E-state index contributed by atoms with van der Waals surface area (Å²) < 4.78 is 20.3. The van der Waals surface area contributed by atoms with Crippen molar-refractivity contribution in [1.82, 2.24) is 4.98 Å². The number of aliphatic imine (C=N–C) groups is 1. The number of aromatic nitrogens is 1. The summed E-state index contributed by atoms with van der Waals surface area (Å²) in [6, 6.07) is 22.4. The van der Waals surface area contributed by atoms with Gasteiger partial charge in [0.15, 0.2) is 0 Å². The van der Waals surface area contributed by atoms with Crippen molar-refractivity contribution >= 4 is 45.1 Å². The van der Waals surface area contributed by atoms with E-state index in [0.717, 1.165) is 21.8 Å². The van der Waals surface area contributed by atoms with Gasteiger partial charge in [-0.05, 0) is 79.2 Å². The van der Waals surface area contributed by atoms with E-state index in [0.29, 0.717) is 17.1 Å². The molecule has 152 valence electrons. The van der Waals surface area contributed by atoms with Crippen LogP contribution in [0.5, 0.6) is 0 Å². The number of halogens is 2. The van der Waals surface area contributed by atoms with Crippen LogP contribution < -0.4 is 0 Å². The maximum atomic E-state index is 13.3. The van der Waals surface area contributed by atoms with Gasteiger partial charge >= 0.3 is 0 Å². The molecular formula is C25H16ClFN2OS. The van der Waals surface area contributed by atoms with Gasteiger partial charge in [-0.2, -0.15) is 0 Å². The number of thiazole rings is 1. The molecular weight excluding hydrogens is 431 g/mol. The first-order valence-corrected chi connectivity index (χ1v) is 10.8. The first-order valence-electron chi connectivity index (χ1n) is 9.62. The molecule has 31 heavy (non-hydrogen) atoms. The highest BCUT2D eigenvalue weighted by Gasteiger charge is 2.08. The molecule has 2 heterocycles. The molecule has 0 unspecified atom stereocenters. The predicted molar refractivity (Wildman–Crippen MR) is 126 cm³/mol. The standard InChI is InChI=1S/C25H16ClFN2OS/c1-15-2-11-24-22(12-15)29-25(31-24)16-3-6-18(7-4-16)28-14-19-8-10-23(30-19)17-5-9-21(27)20(26)13-17/h2-14H,1H3. The zero-order valence-corrected chi connectivity index (χ0v) is 18.0. The summed E-state index contributed by atoms with van der Waals surface area (Å²) in [5.74, 6) is 0.744. The summed E-state index contributed by atoms with van der Waals surface area (Å²) in [7, 11) is 0. The molecule has 0 aliphatic carbocycles. The van der Waals surface area contributed by atoms with Gasteiger partial charge in [-0.15, -0.1) is 11.3 Å². The van der Waals surface area contributed by atoms with E-state index in [1.165, 1.54) is 16.3 Å². The lowest BCUT2D eigenvalue weighted by Gasteiger charge is -1.99.